The van der Waals surface area contributed by atoms with Gasteiger partial charge in [-0.1, -0.05) is 38.1 Å². The zero-order valence-electron chi connectivity index (χ0n) is 18.5. The Bertz CT molecular complexity index is 1170. The van der Waals surface area contributed by atoms with Crippen molar-refractivity contribution < 1.29 is 9.53 Å². The summed E-state index contributed by atoms with van der Waals surface area (Å²) in [6.45, 7) is 6.07. The van der Waals surface area contributed by atoms with Gasteiger partial charge in [0.05, 0.1) is 29.7 Å². The molecule has 164 valence electrons. The average molecular weight is 429 g/mol. The lowest BCUT2D eigenvalue weighted by Crippen LogP contribution is -2.25. The highest BCUT2D eigenvalue weighted by molar-refractivity contribution is 5.93. The second-order valence-corrected chi connectivity index (χ2v) is 8.02. The molecule has 0 aliphatic rings. The molecule has 1 amide bonds. The fourth-order valence-corrected chi connectivity index (χ4v) is 3.63. The predicted octanol–water partition coefficient (Wildman–Crippen LogP) is 4.95. The van der Waals surface area contributed by atoms with E-state index in [1.54, 1.807) is 24.5 Å². The summed E-state index contributed by atoms with van der Waals surface area (Å²) in [6, 6.07) is 19.8. The minimum Gasteiger partial charge on any atom is -0.494 e. The summed E-state index contributed by atoms with van der Waals surface area (Å²) in [5.41, 5.74) is 3.81. The minimum absolute atomic E-state index is 0.162. The van der Waals surface area contributed by atoms with Gasteiger partial charge in [0.2, 0.25) is 0 Å². The number of pyridine rings is 1. The molecule has 0 aliphatic carbocycles. The van der Waals surface area contributed by atoms with Gasteiger partial charge in [0.15, 0.2) is 0 Å². The maximum Gasteiger partial charge on any atom is 0.253 e. The summed E-state index contributed by atoms with van der Waals surface area (Å²) in [5.74, 6) is 2.05. The number of imidazole rings is 1. The Labute approximate surface area is 188 Å². The maximum absolute atomic E-state index is 12.4. The summed E-state index contributed by atoms with van der Waals surface area (Å²) in [4.78, 5) is 21.2. The highest BCUT2D eigenvalue weighted by atomic mass is 16.5. The third-order valence-corrected chi connectivity index (χ3v) is 5.41. The van der Waals surface area contributed by atoms with E-state index in [1.165, 1.54) is 5.56 Å². The number of benzene rings is 2. The number of fused-ring (bicyclic) bond motifs is 1. The molecule has 2 heterocycles. The van der Waals surface area contributed by atoms with Crippen molar-refractivity contribution in [3.05, 3.63) is 90.0 Å². The Morgan fingerprint density at radius 1 is 1.06 bits per heavy atom. The fourth-order valence-electron chi connectivity index (χ4n) is 3.63. The van der Waals surface area contributed by atoms with Crippen molar-refractivity contribution in [1.82, 2.24) is 19.9 Å². The first-order valence-electron chi connectivity index (χ1n) is 11.0. The van der Waals surface area contributed by atoms with Crippen LogP contribution in [0, 0.1) is 0 Å². The van der Waals surface area contributed by atoms with Crippen LogP contribution in [-0.2, 0) is 13.1 Å². The number of ether oxygens (including phenoxy) is 1. The molecule has 4 aromatic rings. The summed E-state index contributed by atoms with van der Waals surface area (Å²) in [6.07, 6.45) is 4.04. The van der Waals surface area contributed by atoms with Crippen LogP contribution in [0.15, 0.2) is 73.1 Å². The van der Waals surface area contributed by atoms with Gasteiger partial charge in [-0.25, -0.2) is 4.98 Å². The number of rotatable bonds is 9. The molecule has 6 nitrogen and oxygen atoms in total. The second kappa shape index (κ2) is 10.1. The van der Waals surface area contributed by atoms with E-state index in [4.69, 9.17) is 9.72 Å². The summed E-state index contributed by atoms with van der Waals surface area (Å²) >= 11 is 0. The Morgan fingerprint density at radius 2 is 1.88 bits per heavy atom. The lowest BCUT2D eigenvalue weighted by Gasteiger charge is -2.12. The molecule has 0 saturated carbocycles. The first-order chi connectivity index (χ1) is 15.6. The van der Waals surface area contributed by atoms with Gasteiger partial charge in [-0.3, -0.25) is 9.78 Å². The van der Waals surface area contributed by atoms with E-state index in [0.29, 0.717) is 24.6 Å². The topological polar surface area (TPSA) is 69.0 Å². The van der Waals surface area contributed by atoms with E-state index in [9.17, 15) is 4.79 Å². The number of nitrogens with one attached hydrogen (secondary N) is 1. The van der Waals surface area contributed by atoms with Gasteiger partial charge in [0, 0.05) is 18.9 Å². The molecule has 4 rings (SSSR count). The van der Waals surface area contributed by atoms with Crippen molar-refractivity contribution in [2.45, 2.75) is 39.3 Å². The molecule has 0 spiro atoms. The molecule has 0 aliphatic heterocycles. The molecule has 0 fully saturated rings. The zero-order valence-corrected chi connectivity index (χ0v) is 18.5. The molecular weight excluding hydrogens is 400 g/mol. The highest BCUT2D eigenvalue weighted by Gasteiger charge is 2.12. The SMILES string of the molecule is CC(C)c1ccc(OCCCn2c(CNC(=O)c3cccnc3)nc3ccccc32)cc1. The molecule has 0 radical (unpaired) electrons. The molecular formula is C26H28N4O2. The molecule has 2 aromatic heterocycles. The van der Waals surface area contributed by atoms with Gasteiger partial charge in [0.1, 0.15) is 11.6 Å². The highest BCUT2D eigenvalue weighted by Crippen LogP contribution is 2.20. The maximum atomic E-state index is 12.4. The standard InChI is InChI=1S/C26H28N4O2/c1-19(2)20-10-12-22(13-11-20)32-16-6-15-30-24-9-4-3-8-23(24)29-25(30)18-28-26(31)21-7-5-14-27-17-21/h3-5,7-14,17,19H,6,15-16,18H2,1-2H3,(H,28,31). The van der Waals surface area contributed by atoms with E-state index in [1.807, 2.05) is 30.3 Å². The predicted molar refractivity (Wildman–Crippen MR) is 126 cm³/mol. The second-order valence-electron chi connectivity index (χ2n) is 8.02. The Kier molecular flexibility index (Phi) is 6.80. The molecule has 0 unspecified atom stereocenters. The van der Waals surface area contributed by atoms with Gasteiger partial charge in [0.25, 0.3) is 5.91 Å². The minimum atomic E-state index is -0.162. The number of amides is 1. The van der Waals surface area contributed by atoms with E-state index in [2.05, 4.69) is 46.9 Å². The number of hydrogen-bond donors (Lipinski definition) is 1. The van der Waals surface area contributed by atoms with Crippen molar-refractivity contribution in [3.8, 4) is 5.75 Å². The summed E-state index contributed by atoms with van der Waals surface area (Å²) < 4.78 is 8.09. The smallest absolute Gasteiger partial charge is 0.253 e. The summed E-state index contributed by atoms with van der Waals surface area (Å²) in [5, 5.41) is 2.95. The van der Waals surface area contributed by atoms with Crippen LogP contribution in [0.25, 0.3) is 11.0 Å². The molecule has 0 atom stereocenters. The zero-order chi connectivity index (χ0) is 22.3. The molecule has 32 heavy (non-hydrogen) atoms. The van der Waals surface area contributed by atoms with E-state index in [0.717, 1.165) is 35.6 Å². The third-order valence-electron chi connectivity index (χ3n) is 5.41. The van der Waals surface area contributed by atoms with Crippen LogP contribution in [0.2, 0.25) is 0 Å². The van der Waals surface area contributed by atoms with E-state index < -0.39 is 0 Å². The van der Waals surface area contributed by atoms with Crippen LogP contribution in [0.5, 0.6) is 5.75 Å². The van der Waals surface area contributed by atoms with Crippen molar-refractivity contribution in [2.75, 3.05) is 6.61 Å². The number of para-hydroxylation sites is 2. The number of nitrogens with zero attached hydrogens (tertiary/aromatic N) is 3. The van der Waals surface area contributed by atoms with Crippen LogP contribution in [0.4, 0.5) is 0 Å². The van der Waals surface area contributed by atoms with Crippen molar-refractivity contribution in [1.29, 1.82) is 0 Å². The first kappa shape index (κ1) is 21.6. The molecule has 6 heteroatoms. The number of hydrogen-bond acceptors (Lipinski definition) is 4. The normalized spacial score (nSPS) is 11.1. The lowest BCUT2D eigenvalue weighted by atomic mass is 10.0. The molecule has 1 N–H and O–H groups in total. The Balaban J connectivity index is 1.39. The average Bonchev–Trinajstić information content (AvgIpc) is 3.18. The quantitative estimate of drug-likeness (QED) is 0.383. The lowest BCUT2D eigenvalue weighted by molar-refractivity contribution is 0.0949. The van der Waals surface area contributed by atoms with Crippen LogP contribution in [0.1, 0.15) is 47.9 Å². The van der Waals surface area contributed by atoms with Gasteiger partial charge in [-0.15, -0.1) is 0 Å². The number of aromatic nitrogens is 3. The monoisotopic (exact) mass is 428 g/mol. The van der Waals surface area contributed by atoms with Crippen molar-refractivity contribution in [2.24, 2.45) is 0 Å². The number of carbonyl (C=O) groups is 1. The molecule has 2 aromatic carbocycles. The van der Waals surface area contributed by atoms with Gasteiger partial charge >= 0.3 is 0 Å². The van der Waals surface area contributed by atoms with Crippen LogP contribution < -0.4 is 10.1 Å². The molecule has 0 saturated heterocycles. The van der Waals surface area contributed by atoms with E-state index >= 15 is 0 Å². The summed E-state index contributed by atoms with van der Waals surface area (Å²) in [7, 11) is 0. The van der Waals surface area contributed by atoms with Crippen LogP contribution in [0.3, 0.4) is 0 Å². The Morgan fingerprint density at radius 3 is 2.62 bits per heavy atom. The van der Waals surface area contributed by atoms with Crippen LogP contribution >= 0.6 is 0 Å². The number of carbonyl (C=O) groups excluding carboxylic acids is 1. The number of aryl methyl sites for hydroxylation is 1. The first-order valence-corrected chi connectivity index (χ1v) is 11.0. The van der Waals surface area contributed by atoms with Crippen molar-refractivity contribution >= 4 is 16.9 Å². The van der Waals surface area contributed by atoms with Gasteiger partial charge in [-0.2, -0.15) is 0 Å². The van der Waals surface area contributed by atoms with Gasteiger partial charge < -0.3 is 14.6 Å². The van der Waals surface area contributed by atoms with E-state index in [-0.39, 0.29) is 5.91 Å². The largest absolute Gasteiger partial charge is 0.494 e. The molecule has 0 bridgehead atoms. The third kappa shape index (κ3) is 5.14. The fraction of sp³-hybridized carbons (Fsp3) is 0.269. The van der Waals surface area contributed by atoms with Crippen LogP contribution in [-0.4, -0.2) is 27.0 Å². The van der Waals surface area contributed by atoms with Gasteiger partial charge in [-0.05, 0) is 54.3 Å². The van der Waals surface area contributed by atoms with Crippen molar-refractivity contribution in [3.63, 3.8) is 0 Å². The Hall–Kier alpha value is -3.67.